The second kappa shape index (κ2) is 6.85. The molecule has 4 rings (SSSR count). The average Bonchev–Trinajstić information content (AvgIpc) is 3.33. The van der Waals surface area contributed by atoms with Crippen molar-refractivity contribution in [2.45, 2.75) is 31.6 Å². The van der Waals surface area contributed by atoms with E-state index in [0.717, 1.165) is 29.0 Å². The predicted octanol–water partition coefficient (Wildman–Crippen LogP) is 4.34. The molecule has 0 spiro atoms. The van der Waals surface area contributed by atoms with Gasteiger partial charge in [0, 0.05) is 40.1 Å². The summed E-state index contributed by atoms with van der Waals surface area (Å²) in [6.07, 6.45) is 1.27. The van der Waals surface area contributed by atoms with Crippen LogP contribution in [0.2, 0.25) is 0 Å². The fourth-order valence-electron chi connectivity index (χ4n) is 3.92. The number of esters is 1. The van der Waals surface area contributed by atoms with E-state index < -0.39 is 0 Å². The Morgan fingerprint density at radius 2 is 2.12 bits per heavy atom. The van der Waals surface area contributed by atoms with E-state index in [1.165, 1.54) is 12.0 Å². The van der Waals surface area contributed by atoms with Crippen LogP contribution in [0.3, 0.4) is 0 Å². The van der Waals surface area contributed by atoms with Crippen LogP contribution in [0.15, 0.2) is 56.9 Å². The minimum atomic E-state index is -0.383. The van der Waals surface area contributed by atoms with Gasteiger partial charge in [0.1, 0.15) is 0 Å². The van der Waals surface area contributed by atoms with E-state index in [4.69, 9.17) is 4.74 Å². The molecule has 0 unspecified atom stereocenters. The van der Waals surface area contributed by atoms with Crippen molar-refractivity contribution >= 4 is 34.4 Å². The Labute approximate surface area is 160 Å². The zero-order valence-corrected chi connectivity index (χ0v) is 16.2. The van der Waals surface area contributed by atoms with E-state index in [1.807, 2.05) is 35.2 Å². The van der Waals surface area contributed by atoms with Crippen molar-refractivity contribution in [3.63, 3.8) is 0 Å². The van der Waals surface area contributed by atoms with Gasteiger partial charge in [-0.2, -0.15) is 11.3 Å². The number of dihydropyridines is 1. The van der Waals surface area contributed by atoms with Gasteiger partial charge >= 0.3 is 5.97 Å². The highest BCUT2D eigenvalue weighted by atomic mass is 32.1. The molecule has 134 valence electrons. The molecule has 0 fully saturated rings. The lowest BCUT2D eigenvalue weighted by Gasteiger charge is -2.36. The molecule has 2 aromatic rings. The number of thiophene rings is 2. The molecule has 0 bridgehead atoms. The Kier molecular flexibility index (Phi) is 4.54. The lowest BCUT2D eigenvalue weighted by atomic mass is 9.73. The second-order valence-electron chi connectivity index (χ2n) is 6.58. The van der Waals surface area contributed by atoms with Crippen LogP contribution in [0.1, 0.15) is 42.0 Å². The van der Waals surface area contributed by atoms with E-state index in [1.54, 1.807) is 22.7 Å². The highest BCUT2D eigenvalue weighted by Gasteiger charge is 2.41. The number of ether oxygens (including phenoxy) is 1. The van der Waals surface area contributed by atoms with Gasteiger partial charge in [-0.1, -0.05) is 6.07 Å². The van der Waals surface area contributed by atoms with Crippen molar-refractivity contribution in [1.29, 1.82) is 0 Å². The summed E-state index contributed by atoms with van der Waals surface area (Å²) >= 11 is 3.26. The molecule has 4 nitrogen and oxygen atoms in total. The summed E-state index contributed by atoms with van der Waals surface area (Å²) < 4.78 is 5.02. The van der Waals surface area contributed by atoms with E-state index in [9.17, 15) is 9.59 Å². The molecule has 26 heavy (non-hydrogen) atoms. The molecule has 6 heteroatoms. The van der Waals surface area contributed by atoms with Gasteiger partial charge in [0.2, 0.25) is 0 Å². The number of allylic oxidation sites excluding steroid dienone is 3. The van der Waals surface area contributed by atoms with E-state index >= 15 is 0 Å². The average molecular weight is 386 g/mol. The van der Waals surface area contributed by atoms with Gasteiger partial charge in [-0.25, -0.2) is 4.79 Å². The van der Waals surface area contributed by atoms with Crippen LogP contribution in [-0.4, -0.2) is 18.9 Å². The first-order chi connectivity index (χ1) is 12.6. The first kappa shape index (κ1) is 17.2. The third kappa shape index (κ3) is 2.83. The number of hydrogen-bond donors (Lipinski definition) is 1. The Morgan fingerprint density at radius 3 is 2.77 bits per heavy atom. The monoisotopic (exact) mass is 385 g/mol. The predicted molar refractivity (Wildman–Crippen MR) is 103 cm³/mol. The highest BCUT2D eigenvalue weighted by molar-refractivity contribution is 7.10. The molecule has 2 aliphatic rings. The number of carbonyl (C=O) groups excluding carboxylic acids is 2. The normalized spacial score (nSPS) is 22.9. The SMILES string of the molecule is COC(=O)C1=C(C)NC2=C(C(=O)C[C@H](c3cccs3)C2)[C@@H]1c1ccsc1. The Balaban J connectivity index is 1.80. The van der Waals surface area contributed by atoms with Gasteiger partial charge in [0.25, 0.3) is 0 Å². The number of methoxy groups -OCH3 is 1. The smallest absolute Gasteiger partial charge is 0.336 e. The summed E-state index contributed by atoms with van der Waals surface area (Å²) in [6.45, 7) is 1.88. The fourth-order valence-corrected chi connectivity index (χ4v) is 5.43. The molecular weight excluding hydrogens is 366 g/mol. The molecule has 2 atom stereocenters. The van der Waals surface area contributed by atoms with Crippen LogP contribution in [0, 0.1) is 0 Å². The lowest BCUT2D eigenvalue weighted by Crippen LogP contribution is -2.35. The van der Waals surface area contributed by atoms with Crippen LogP contribution in [-0.2, 0) is 14.3 Å². The quantitative estimate of drug-likeness (QED) is 0.799. The van der Waals surface area contributed by atoms with Crippen LogP contribution < -0.4 is 5.32 Å². The minimum absolute atomic E-state index is 0.113. The van der Waals surface area contributed by atoms with E-state index in [-0.39, 0.29) is 23.6 Å². The molecule has 1 N–H and O–H groups in total. The number of hydrogen-bond acceptors (Lipinski definition) is 6. The summed E-state index contributed by atoms with van der Waals surface area (Å²) in [5.41, 5.74) is 3.95. The second-order valence-corrected chi connectivity index (χ2v) is 8.34. The number of Topliss-reactive ketones (excluding diaryl/α,β-unsaturated/α-hetero) is 1. The van der Waals surface area contributed by atoms with Gasteiger partial charge in [-0.05, 0) is 47.2 Å². The molecule has 1 aliphatic carbocycles. The van der Waals surface area contributed by atoms with Crippen LogP contribution in [0.4, 0.5) is 0 Å². The summed E-state index contributed by atoms with van der Waals surface area (Å²) in [7, 11) is 1.38. The van der Waals surface area contributed by atoms with Crippen LogP contribution in [0.25, 0.3) is 0 Å². The maximum Gasteiger partial charge on any atom is 0.336 e. The first-order valence-corrected chi connectivity index (χ1v) is 10.3. The van der Waals surface area contributed by atoms with Crippen molar-refractivity contribution < 1.29 is 14.3 Å². The Morgan fingerprint density at radius 1 is 1.27 bits per heavy atom. The van der Waals surface area contributed by atoms with Gasteiger partial charge in [0.05, 0.1) is 12.7 Å². The largest absolute Gasteiger partial charge is 0.466 e. The summed E-state index contributed by atoms with van der Waals surface area (Å²) in [4.78, 5) is 26.8. The van der Waals surface area contributed by atoms with Crippen molar-refractivity contribution in [3.05, 3.63) is 67.3 Å². The van der Waals surface area contributed by atoms with Crippen molar-refractivity contribution in [1.82, 2.24) is 5.32 Å². The molecule has 0 saturated carbocycles. The van der Waals surface area contributed by atoms with Gasteiger partial charge < -0.3 is 10.1 Å². The Hall–Kier alpha value is -2.18. The van der Waals surface area contributed by atoms with Gasteiger partial charge in [0.15, 0.2) is 5.78 Å². The minimum Gasteiger partial charge on any atom is -0.466 e. The third-order valence-corrected chi connectivity index (χ3v) is 6.79. The third-order valence-electron chi connectivity index (χ3n) is 5.05. The number of carbonyl (C=O) groups is 2. The lowest BCUT2D eigenvalue weighted by molar-refractivity contribution is -0.136. The standard InChI is InChI=1S/C20H19NO3S2/c1-11-17(20(23)24-2)18(12-5-7-25-10-12)19-14(21-11)8-13(9-15(19)22)16-4-3-6-26-16/h3-7,10,13,18,21H,8-9H2,1-2H3/t13-,18-/m1/s1. The molecule has 0 amide bonds. The van der Waals surface area contributed by atoms with Crippen molar-refractivity contribution in [2.75, 3.05) is 7.11 Å². The van der Waals surface area contributed by atoms with E-state index in [2.05, 4.69) is 11.4 Å². The molecule has 2 aromatic heterocycles. The molecular formula is C20H19NO3S2. The van der Waals surface area contributed by atoms with Crippen LogP contribution in [0.5, 0.6) is 0 Å². The van der Waals surface area contributed by atoms with E-state index in [0.29, 0.717) is 12.0 Å². The molecule has 1 aliphatic heterocycles. The first-order valence-electron chi connectivity index (χ1n) is 8.48. The number of nitrogens with one attached hydrogen (secondary N) is 1. The maximum absolute atomic E-state index is 13.1. The fraction of sp³-hybridized carbons (Fsp3) is 0.300. The number of rotatable bonds is 3. The molecule has 0 radical (unpaired) electrons. The highest BCUT2D eigenvalue weighted by Crippen LogP contribution is 2.46. The van der Waals surface area contributed by atoms with Gasteiger partial charge in [-0.3, -0.25) is 4.79 Å². The molecule has 0 saturated heterocycles. The van der Waals surface area contributed by atoms with Crippen molar-refractivity contribution in [3.8, 4) is 0 Å². The summed E-state index contributed by atoms with van der Waals surface area (Å²) in [5, 5.41) is 9.38. The topological polar surface area (TPSA) is 55.4 Å². The number of ketones is 1. The van der Waals surface area contributed by atoms with Crippen molar-refractivity contribution in [2.24, 2.45) is 0 Å². The van der Waals surface area contributed by atoms with Crippen LogP contribution >= 0.6 is 22.7 Å². The summed E-state index contributed by atoms with van der Waals surface area (Å²) in [6, 6.07) is 6.10. The maximum atomic E-state index is 13.1. The van der Waals surface area contributed by atoms with Gasteiger partial charge in [-0.15, -0.1) is 11.3 Å². The molecule has 3 heterocycles. The zero-order valence-electron chi connectivity index (χ0n) is 14.6. The summed E-state index contributed by atoms with van der Waals surface area (Å²) in [5.74, 6) is -0.417. The Bertz CT molecular complexity index is 907. The zero-order chi connectivity index (χ0) is 18.3. The molecule has 0 aromatic carbocycles.